The Hall–Kier alpha value is -2.70. The van der Waals surface area contributed by atoms with Crippen molar-refractivity contribution in [2.45, 2.75) is 13.8 Å². The van der Waals surface area contributed by atoms with Crippen LogP contribution in [0.5, 0.6) is 0 Å². The maximum atomic E-state index is 12.6. The monoisotopic (exact) mass is 314 g/mol. The second-order valence-electron chi connectivity index (χ2n) is 5.71. The van der Waals surface area contributed by atoms with Gasteiger partial charge in [0.25, 0.3) is 11.5 Å². The second-order valence-corrected chi connectivity index (χ2v) is 5.71. The number of piperazine rings is 1. The minimum atomic E-state index is -0.367. The van der Waals surface area contributed by atoms with Crippen LogP contribution in [0.2, 0.25) is 0 Å². The molecule has 1 saturated heterocycles. The lowest BCUT2D eigenvalue weighted by molar-refractivity contribution is -0.130. The zero-order valence-corrected chi connectivity index (χ0v) is 13.2. The largest absolute Gasteiger partial charge is 0.339 e. The highest BCUT2D eigenvalue weighted by Gasteiger charge is 2.25. The van der Waals surface area contributed by atoms with Gasteiger partial charge < -0.3 is 9.80 Å². The van der Waals surface area contributed by atoms with E-state index in [1.165, 1.54) is 17.5 Å². The van der Waals surface area contributed by atoms with E-state index in [-0.39, 0.29) is 22.9 Å². The molecule has 0 atom stereocenters. The molecule has 7 nitrogen and oxygen atoms in total. The van der Waals surface area contributed by atoms with E-state index in [2.05, 4.69) is 4.98 Å². The van der Waals surface area contributed by atoms with Gasteiger partial charge in [-0.05, 0) is 24.6 Å². The summed E-state index contributed by atoms with van der Waals surface area (Å²) in [5.74, 6) is -0.333. The summed E-state index contributed by atoms with van der Waals surface area (Å²) >= 11 is 0. The molecule has 0 N–H and O–H groups in total. The fraction of sp³-hybridized carbons (Fsp3) is 0.375. The molecule has 0 aromatic carbocycles. The topological polar surface area (TPSA) is 75.0 Å². The zero-order valence-electron chi connectivity index (χ0n) is 13.2. The van der Waals surface area contributed by atoms with Crippen LogP contribution in [0.15, 0.2) is 29.3 Å². The summed E-state index contributed by atoms with van der Waals surface area (Å²) in [6, 6.07) is 3.59. The van der Waals surface area contributed by atoms with Crippen LogP contribution in [0, 0.1) is 6.92 Å². The van der Waals surface area contributed by atoms with Crippen LogP contribution in [0.4, 0.5) is 0 Å². The van der Waals surface area contributed by atoms with Crippen molar-refractivity contribution < 1.29 is 9.59 Å². The van der Waals surface area contributed by atoms with Crippen LogP contribution in [-0.2, 0) is 4.79 Å². The molecule has 2 aromatic heterocycles. The number of carbonyl (C=O) groups is 2. The first kappa shape index (κ1) is 15.2. The van der Waals surface area contributed by atoms with Crippen molar-refractivity contribution in [3.05, 3.63) is 46.0 Å². The summed E-state index contributed by atoms with van der Waals surface area (Å²) in [5, 5.41) is 0. The van der Waals surface area contributed by atoms with Gasteiger partial charge >= 0.3 is 0 Å². The molecule has 0 saturated carbocycles. The van der Waals surface area contributed by atoms with Crippen molar-refractivity contribution in [2.75, 3.05) is 26.2 Å². The smallest absolute Gasteiger partial charge is 0.270 e. The van der Waals surface area contributed by atoms with Crippen molar-refractivity contribution in [1.82, 2.24) is 19.2 Å². The molecule has 3 rings (SSSR count). The number of carbonyl (C=O) groups excluding carboxylic acids is 2. The fourth-order valence-electron chi connectivity index (χ4n) is 2.72. The maximum absolute atomic E-state index is 12.6. The Kier molecular flexibility index (Phi) is 3.85. The highest BCUT2D eigenvalue weighted by Crippen LogP contribution is 2.08. The molecule has 0 aliphatic carbocycles. The van der Waals surface area contributed by atoms with Crippen molar-refractivity contribution in [1.29, 1.82) is 0 Å². The van der Waals surface area contributed by atoms with E-state index >= 15 is 0 Å². The van der Waals surface area contributed by atoms with Gasteiger partial charge in [0.2, 0.25) is 5.91 Å². The molecule has 1 aliphatic rings. The molecule has 3 heterocycles. The van der Waals surface area contributed by atoms with Crippen LogP contribution in [0.25, 0.3) is 5.65 Å². The van der Waals surface area contributed by atoms with E-state index in [0.29, 0.717) is 31.8 Å². The number of hydrogen-bond acceptors (Lipinski definition) is 4. The van der Waals surface area contributed by atoms with Gasteiger partial charge in [-0.2, -0.15) is 0 Å². The molecular weight excluding hydrogens is 296 g/mol. The Morgan fingerprint density at radius 3 is 2.43 bits per heavy atom. The number of pyridine rings is 1. The van der Waals surface area contributed by atoms with E-state index < -0.39 is 0 Å². The molecule has 0 radical (unpaired) electrons. The van der Waals surface area contributed by atoms with Gasteiger partial charge in [0.1, 0.15) is 11.2 Å². The Balaban J connectivity index is 1.87. The second kappa shape index (κ2) is 5.83. The summed E-state index contributed by atoms with van der Waals surface area (Å²) in [6.07, 6.45) is 2.97. The van der Waals surface area contributed by atoms with Crippen LogP contribution >= 0.6 is 0 Å². The maximum Gasteiger partial charge on any atom is 0.270 e. The molecule has 120 valence electrons. The van der Waals surface area contributed by atoms with Crippen molar-refractivity contribution in [3.8, 4) is 0 Å². The van der Waals surface area contributed by atoms with Gasteiger partial charge in [0.05, 0.1) is 0 Å². The SMILES string of the molecule is CC(=O)N1CCN(C(=O)c2cnc3cc(C)ccn3c2=O)CC1. The third kappa shape index (κ3) is 2.81. The number of aromatic nitrogens is 2. The summed E-state index contributed by atoms with van der Waals surface area (Å²) in [4.78, 5) is 43.9. The number of nitrogens with zero attached hydrogens (tertiary/aromatic N) is 4. The Labute approximate surface area is 133 Å². The first-order chi connectivity index (χ1) is 11.0. The highest BCUT2D eigenvalue weighted by molar-refractivity contribution is 5.94. The predicted molar refractivity (Wildman–Crippen MR) is 84.4 cm³/mol. The first-order valence-corrected chi connectivity index (χ1v) is 7.50. The Bertz CT molecular complexity index is 835. The van der Waals surface area contributed by atoms with Gasteiger partial charge in [-0.3, -0.25) is 18.8 Å². The normalized spacial score (nSPS) is 15.0. The van der Waals surface area contributed by atoms with E-state index in [1.54, 1.807) is 28.1 Å². The predicted octanol–water partition coefficient (Wildman–Crippen LogP) is 0.307. The summed E-state index contributed by atoms with van der Waals surface area (Å²) in [6.45, 7) is 5.26. The lowest BCUT2D eigenvalue weighted by atomic mass is 10.2. The highest BCUT2D eigenvalue weighted by atomic mass is 16.2. The van der Waals surface area contributed by atoms with Crippen molar-refractivity contribution in [2.24, 2.45) is 0 Å². The number of aryl methyl sites for hydroxylation is 1. The van der Waals surface area contributed by atoms with Gasteiger partial charge in [0, 0.05) is 45.5 Å². The minimum Gasteiger partial charge on any atom is -0.339 e. The van der Waals surface area contributed by atoms with E-state index in [4.69, 9.17) is 0 Å². The molecule has 0 unspecified atom stereocenters. The molecule has 2 amide bonds. The van der Waals surface area contributed by atoms with E-state index in [9.17, 15) is 14.4 Å². The number of amides is 2. The lowest BCUT2D eigenvalue weighted by Gasteiger charge is -2.34. The quantitative estimate of drug-likeness (QED) is 0.759. The molecule has 0 bridgehead atoms. The Morgan fingerprint density at radius 2 is 1.78 bits per heavy atom. The molecule has 0 spiro atoms. The van der Waals surface area contributed by atoms with Crippen LogP contribution in [-0.4, -0.2) is 57.2 Å². The number of hydrogen-bond donors (Lipinski definition) is 0. The fourth-order valence-corrected chi connectivity index (χ4v) is 2.72. The van der Waals surface area contributed by atoms with Crippen LogP contribution < -0.4 is 5.56 Å². The third-order valence-corrected chi connectivity index (χ3v) is 4.11. The molecule has 7 heteroatoms. The summed E-state index contributed by atoms with van der Waals surface area (Å²) < 4.78 is 1.38. The van der Waals surface area contributed by atoms with E-state index in [1.807, 2.05) is 6.92 Å². The third-order valence-electron chi connectivity index (χ3n) is 4.11. The first-order valence-electron chi connectivity index (χ1n) is 7.50. The van der Waals surface area contributed by atoms with Gasteiger partial charge in [-0.25, -0.2) is 4.98 Å². The molecule has 23 heavy (non-hydrogen) atoms. The standard InChI is InChI=1S/C16H18N4O3/c1-11-3-4-20-14(9-11)17-10-13(16(20)23)15(22)19-7-5-18(6-8-19)12(2)21/h3-4,9-10H,5-8H2,1-2H3. The van der Waals surface area contributed by atoms with Crippen molar-refractivity contribution in [3.63, 3.8) is 0 Å². The molecule has 1 fully saturated rings. The summed E-state index contributed by atoms with van der Waals surface area (Å²) in [5.41, 5.74) is 1.21. The number of fused-ring (bicyclic) bond motifs is 1. The van der Waals surface area contributed by atoms with Crippen LogP contribution in [0.1, 0.15) is 22.8 Å². The minimum absolute atomic E-state index is 0.0000833. The molecular formula is C16H18N4O3. The Morgan fingerprint density at radius 1 is 1.13 bits per heavy atom. The molecule has 1 aliphatic heterocycles. The van der Waals surface area contributed by atoms with Gasteiger partial charge in [-0.1, -0.05) is 0 Å². The zero-order chi connectivity index (χ0) is 16.6. The van der Waals surface area contributed by atoms with Crippen molar-refractivity contribution >= 4 is 17.5 Å². The average molecular weight is 314 g/mol. The van der Waals surface area contributed by atoms with E-state index in [0.717, 1.165) is 5.56 Å². The summed E-state index contributed by atoms with van der Waals surface area (Å²) in [7, 11) is 0. The van der Waals surface area contributed by atoms with Gasteiger partial charge in [0.15, 0.2) is 0 Å². The lowest BCUT2D eigenvalue weighted by Crippen LogP contribution is -2.50. The average Bonchev–Trinajstić information content (AvgIpc) is 2.54. The van der Waals surface area contributed by atoms with Crippen LogP contribution in [0.3, 0.4) is 0 Å². The molecule has 2 aromatic rings. The number of rotatable bonds is 1. The van der Waals surface area contributed by atoms with Gasteiger partial charge in [-0.15, -0.1) is 0 Å².